The summed E-state index contributed by atoms with van der Waals surface area (Å²) in [6.07, 6.45) is 2.01. The summed E-state index contributed by atoms with van der Waals surface area (Å²) >= 11 is 3.33. The van der Waals surface area contributed by atoms with Crippen LogP contribution in [0.3, 0.4) is 0 Å². The molecule has 0 fully saturated rings. The summed E-state index contributed by atoms with van der Waals surface area (Å²) in [6, 6.07) is 5.62. The van der Waals surface area contributed by atoms with Gasteiger partial charge < -0.3 is 9.73 Å². The Labute approximate surface area is 119 Å². The number of anilines is 1. The molecule has 1 heterocycles. The highest BCUT2D eigenvalue weighted by Crippen LogP contribution is 2.24. The number of rotatable bonds is 4. The molecule has 1 atom stereocenters. The number of hydrogen-bond acceptors (Lipinski definition) is 4. The van der Waals surface area contributed by atoms with Crippen LogP contribution in [0.25, 0.3) is 11.5 Å². The topological polar surface area (TPSA) is 68.0 Å². The van der Waals surface area contributed by atoms with Gasteiger partial charge in [-0.2, -0.15) is 0 Å². The monoisotopic (exact) mass is 323 g/mol. The number of nitrogens with zero attached hydrogens (tertiary/aromatic N) is 2. The van der Waals surface area contributed by atoms with Gasteiger partial charge in [0.15, 0.2) is 0 Å². The van der Waals surface area contributed by atoms with Crippen molar-refractivity contribution in [1.29, 1.82) is 0 Å². The highest BCUT2D eigenvalue weighted by atomic mass is 79.9. The zero-order valence-electron chi connectivity index (χ0n) is 10.7. The molecule has 0 bridgehead atoms. The SMILES string of the molecule is CCC(Br)C(=O)Nc1cc(-c2nnco2)ccc1C. The Bertz CT molecular complexity index is 569. The number of alkyl halides is 1. The van der Waals surface area contributed by atoms with E-state index in [1.165, 1.54) is 6.39 Å². The molecule has 0 spiro atoms. The first-order valence-electron chi connectivity index (χ1n) is 5.94. The predicted octanol–water partition coefficient (Wildman–Crippen LogP) is 3.16. The largest absolute Gasteiger partial charge is 0.423 e. The highest BCUT2D eigenvalue weighted by Gasteiger charge is 2.14. The van der Waals surface area contributed by atoms with Crippen LogP contribution in [0, 0.1) is 6.92 Å². The Hall–Kier alpha value is -1.69. The van der Waals surface area contributed by atoms with Crippen LogP contribution in [0.5, 0.6) is 0 Å². The molecule has 1 amide bonds. The normalized spacial score (nSPS) is 12.2. The molecular formula is C13H14BrN3O2. The molecule has 19 heavy (non-hydrogen) atoms. The molecule has 2 aromatic rings. The van der Waals surface area contributed by atoms with Gasteiger partial charge in [0, 0.05) is 11.3 Å². The molecule has 5 nitrogen and oxygen atoms in total. The molecule has 100 valence electrons. The van der Waals surface area contributed by atoms with Crippen molar-refractivity contribution in [2.75, 3.05) is 5.32 Å². The van der Waals surface area contributed by atoms with Crippen molar-refractivity contribution in [3.8, 4) is 11.5 Å². The maximum Gasteiger partial charge on any atom is 0.247 e. The summed E-state index contributed by atoms with van der Waals surface area (Å²) in [6.45, 7) is 3.88. The molecule has 1 aromatic heterocycles. The van der Waals surface area contributed by atoms with Gasteiger partial charge in [-0.05, 0) is 31.0 Å². The van der Waals surface area contributed by atoms with Crippen LogP contribution >= 0.6 is 15.9 Å². The number of carbonyl (C=O) groups is 1. The van der Waals surface area contributed by atoms with Crippen LogP contribution < -0.4 is 5.32 Å². The van der Waals surface area contributed by atoms with Crippen molar-refractivity contribution >= 4 is 27.5 Å². The van der Waals surface area contributed by atoms with Gasteiger partial charge >= 0.3 is 0 Å². The quantitative estimate of drug-likeness (QED) is 0.877. The molecule has 1 unspecified atom stereocenters. The summed E-state index contributed by atoms with van der Waals surface area (Å²) < 4.78 is 5.14. The van der Waals surface area contributed by atoms with Crippen LogP contribution in [0.2, 0.25) is 0 Å². The number of hydrogen-bond donors (Lipinski definition) is 1. The number of halogens is 1. The molecule has 0 aliphatic carbocycles. The van der Waals surface area contributed by atoms with Gasteiger partial charge in [-0.3, -0.25) is 4.79 Å². The molecular weight excluding hydrogens is 310 g/mol. The fourth-order valence-corrected chi connectivity index (χ4v) is 1.70. The molecule has 0 saturated heterocycles. The van der Waals surface area contributed by atoms with Gasteiger partial charge in [-0.25, -0.2) is 0 Å². The van der Waals surface area contributed by atoms with Gasteiger partial charge in [-0.1, -0.05) is 28.9 Å². The van der Waals surface area contributed by atoms with E-state index in [1.54, 1.807) is 0 Å². The van der Waals surface area contributed by atoms with Gasteiger partial charge in [0.2, 0.25) is 18.2 Å². The van der Waals surface area contributed by atoms with E-state index >= 15 is 0 Å². The fourth-order valence-electron chi connectivity index (χ4n) is 1.58. The molecule has 0 saturated carbocycles. The second-order valence-electron chi connectivity index (χ2n) is 4.14. The molecule has 2 rings (SSSR count). The minimum absolute atomic E-state index is 0.0618. The second kappa shape index (κ2) is 5.97. The third kappa shape index (κ3) is 3.20. The Kier molecular flexibility index (Phi) is 4.31. The van der Waals surface area contributed by atoms with E-state index in [0.717, 1.165) is 23.2 Å². The molecule has 0 aliphatic heterocycles. The third-order valence-corrected chi connectivity index (χ3v) is 3.81. The lowest BCUT2D eigenvalue weighted by Gasteiger charge is -2.11. The lowest BCUT2D eigenvalue weighted by molar-refractivity contribution is -0.115. The maximum absolute atomic E-state index is 11.9. The van der Waals surface area contributed by atoms with Crippen molar-refractivity contribution < 1.29 is 9.21 Å². The van der Waals surface area contributed by atoms with Crippen LogP contribution in [-0.2, 0) is 4.79 Å². The fraction of sp³-hybridized carbons (Fsp3) is 0.308. The second-order valence-corrected chi connectivity index (χ2v) is 5.24. The summed E-state index contributed by atoms with van der Waals surface area (Å²) in [5.41, 5.74) is 2.51. The van der Waals surface area contributed by atoms with Crippen LogP contribution in [0.1, 0.15) is 18.9 Å². The first-order valence-corrected chi connectivity index (χ1v) is 6.85. The van der Waals surface area contributed by atoms with Gasteiger partial charge in [0.1, 0.15) is 0 Å². The summed E-state index contributed by atoms with van der Waals surface area (Å²) in [5, 5.41) is 10.4. The van der Waals surface area contributed by atoms with Crippen molar-refractivity contribution in [2.24, 2.45) is 0 Å². The highest BCUT2D eigenvalue weighted by molar-refractivity contribution is 9.10. The van der Waals surface area contributed by atoms with Gasteiger partial charge in [-0.15, -0.1) is 10.2 Å². The first-order chi connectivity index (χ1) is 9.11. The van der Waals surface area contributed by atoms with E-state index in [4.69, 9.17) is 4.42 Å². The average Bonchev–Trinajstić information content (AvgIpc) is 2.94. The van der Waals surface area contributed by atoms with Crippen LogP contribution in [-0.4, -0.2) is 20.9 Å². The summed E-state index contributed by atoms with van der Waals surface area (Å²) in [5.74, 6) is 0.370. The number of aromatic nitrogens is 2. The number of carbonyl (C=O) groups excluding carboxylic acids is 1. The smallest absolute Gasteiger partial charge is 0.247 e. The van der Waals surface area contributed by atoms with E-state index in [0.29, 0.717) is 5.89 Å². The lowest BCUT2D eigenvalue weighted by Crippen LogP contribution is -2.22. The minimum Gasteiger partial charge on any atom is -0.423 e. The number of benzene rings is 1. The number of nitrogens with one attached hydrogen (secondary N) is 1. The van der Waals surface area contributed by atoms with E-state index in [9.17, 15) is 4.79 Å². The summed E-state index contributed by atoms with van der Waals surface area (Å²) in [4.78, 5) is 11.7. The first kappa shape index (κ1) is 13.7. The zero-order valence-corrected chi connectivity index (χ0v) is 12.3. The van der Waals surface area contributed by atoms with Crippen LogP contribution in [0.4, 0.5) is 5.69 Å². The number of aryl methyl sites for hydroxylation is 1. The predicted molar refractivity (Wildman–Crippen MR) is 76.1 cm³/mol. The van der Waals surface area contributed by atoms with Crippen molar-refractivity contribution in [3.05, 3.63) is 30.2 Å². The molecule has 0 radical (unpaired) electrons. The van der Waals surface area contributed by atoms with E-state index in [2.05, 4.69) is 31.4 Å². The Balaban J connectivity index is 2.25. The summed E-state index contributed by atoms with van der Waals surface area (Å²) in [7, 11) is 0. The average molecular weight is 324 g/mol. The molecule has 0 aliphatic rings. The Morgan fingerprint density at radius 3 is 2.95 bits per heavy atom. The van der Waals surface area contributed by atoms with E-state index in [-0.39, 0.29) is 10.7 Å². The molecule has 1 N–H and O–H groups in total. The van der Waals surface area contributed by atoms with Crippen LogP contribution in [0.15, 0.2) is 29.0 Å². The third-order valence-electron chi connectivity index (χ3n) is 2.75. The Morgan fingerprint density at radius 2 is 2.32 bits per heavy atom. The van der Waals surface area contributed by atoms with E-state index < -0.39 is 0 Å². The zero-order chi connectivity index (χ0) is 13.8. The van der Waals surface area contributed by atoms with Crippen molar-refractivity contribution in [2.45, 2.75) is 25.1 Å². The molecule has 6 heteroatoms. The maximum atomic E-state index is 11.9. The minimum atomic E-state index is -0.195. The standard InChI is InChI=1S/C13H14BrN3O2/c1-3-10(14)12(18)16-11-6-9(5-4-8(11)2)13-17-15-7-19-13/h4-7,10H,3H2,1-2H3,(H,16,18). The van der Waals surface area contributed by atoms with Gasteiger partial charge in [0.25, 0.3) is 0 Å². The Morgan fingerprint density at radius 1 is 1.53 bits per heavy atom. The van der Waals surface area contributed by atoms with Crippen molar-refractivity contribution in [1.82, 2.24) is 10.2 Å². The van der Waals surface area contributed by atoms with E-state index in [1.807, 2.05) is 32.0 Å². The van der Waals surface area contributed by atoms with Gasteiger partial charge in [0.05, 0.1) is 4.83 Å². The number of amides is 1. The lowest BCUT2D eigenvalue weighted by atomic mass is 10.1. The molecule has 1 aromatic carbocycles. The van der Waals surface area contributed by atoms with Crippen molar-refractivity contribution in [3.63, 3.8) is 0 Å².